The maximum atomic E-state index is 11.6. The minimum atomic E-state index is -0.729. The van der Waals surface area contributed by atoms with Gasteiger partial charge in [-0.1, -0.05) is 48.2 Å². The summed E-state index contributed by atoms with van der Waals surface area (Å²) in [6.07, 6.45) is 2.23. The van der Waals surface area contributed by atoms with Crippen molar-refractivity contribution in [3.05, 3.63) is 89.5 Å². The number of carbonyl (C=O) groups is 1. The van der Waals surface area contributed by atoms with Crippen molar-refractivity contribution in [1.82, 2.24) is 4.90 Å². The fourth-order valence-electron chi connectivity index (χ4n) is 5.06. The van der Waals surface area contributed by atoms with Crippen LogP contribution in [0.15, 0.2) is 72.8 Å². The summed E-state index contributed by atoms with van der Waals surface area (Å²) >= 11 is 0. The normalized spacial score (nSPS) is 15.7. The van der Waals surface area contributed by atoms with Gasteiger partial charge in [0.15, 0.2) is 0 Å². The Balaban J connectivity index is 1.78. The Labute approximate surface area is 225 Å². The van der Waals surface area contributed by atoms with Gasteiger partial charge in [-0.3, -0.25) is 9.69 Å². The number of carboxylic acids is 1. The van der Waals surface area contributed by atoms with Gasteiger partial charge in [0.2, 0.25) is 0 Å². The molecule has 1 aliphatic rings. The molecule has 3 aromatic carbocycles. The van der Waals surface area contributed by atoms with E-state index in [1.165, 1.54) is 0 Å². The first kappa shape index (κ1) is 27.1. The molecule has 0 aliphatic carbocycles. The summed E-state index contributed by atoms with van der Waals surface area (Å²) in [7, 11) is 4.98. The van der Waals surface area contributed by atoms with Crippen molar-refractivity contribution >= 4 is 5.97 Å². The fraction of sp³-hybridized carbons (Fsp3) is 0.344. The Bertz CT molecular complexity index is 1210. The SMILES string of the molecule is COc1ccc(CC(C#CCN2CCCC(C(=O)O)C2)(c2ccc(OC)cc2)c2ccc(OC)cc2)cc1. The highest BCUT2D eigenvalue weighted by molar-refractivity contribution is 5.70. The van der Waals surface area contributed by atoms with E-state index in [9.17, 15) is 9.90 Å². The van der Waals surface area contributed by atoms with Crippen LogP contribution >= 0.6 is 0 Å². The Morgan fingerprint density at radius 1 is 0.868 bits per heavy atom. The molecule has 1 N–H and O–H groups in total. The molecule has 0 amide bonds. The molecule has 0 spiro atoms. The lowest BCUT2D eigenvalue weighted by molar-refractivity contribution is -0.143. The van der Waals surface area contributed by atoms with Gasteiger partial charge in [0, 0.05) is 6.54 Å². The maximum absolute atomic E-state index is 11.6. The zero-order chi connectivity index (χ0) is 27.0. The highest BCUT2D eigenvalue weighted by Gasteiger charge is 2.33. The molecular formula is C32H35NO5. The number of carboxylic acid groups (broad SMARTS) is 1. The Morgan fingerprint density at radius 2 is 1.37 bits per heavy atom. The van der Waals surface area contributed by atoms with E-state index in [1.54, 1.807) is 21.3 Å². The van der Waals surface area contributed by atoms with Gasteiger partial charge in [-0.25, -0.2) is 0 Å². The summed E-state index contributed by atoms with van der Waals surface area (Å²) in [5.74, 6) is 8.41. The predicted octanol–water partition coefficient (Wildman–Crippen LogP) is 5.04. The summed E-state index contributed by atoms with van der Waals surface area (Å²) in [6, 6.07) is 24.2. The van der Waals surface area contributed by atoms with Crippen molar-refractivity contribution in [2.75, 3.05) is 41.0 Å². The molecular weight excluding hydrogens is 478 g/mol. The van der Waals surface area contributed by atoms with Gasteiger partial charge >= 0.3 is 5.97 Å². The smallest absolute Gasteiger partial charge is 0.307 e. The monoisotopic (exact) mass is 513 g/mol. The van der Waals surface area contributed by atoms with E-state index >= 15 is 0 Å². The van der Waals surface area contributed by atoms with Crippen LogP contribution in [0.2, 0.25) is 0 Å². The zero-order valence-corrected chi connectivity index (χ0v) is 22.3. The van der Waals surface area contributed by atoms with Crippen LogP contribution in [-0.4, -0.2) is 56.9 Å². The third-order valence-corrected chi connectivity index (χ3v) is 7.25. The Morgan fingerprint density at radius 3 is 1.84 bits per heavy atom. The van der Waals surface area contributed by atoms with Gasteiger partial charge in [-0.05, 0) is 78.9 Å². The molecule has 1 heterocycles. The second-order valence-electron chi connectivity index (χ2n) is 9.60. The van der Waals surface area contributed by atoms with Crippen molar-refractivity contribution in [3.63, 3.8) is 0 Å². The van der Waals surface area contributed by atoms with Gasteiger partial charge in [0.1, 0.15) is 17.2 Å². The third-order valence-electron chi connectivity index (χ3n) is 7.25. The first-order chi connectivity index (χ1) is 18.5. The van der Waals surface area contributed by atoms with Crippen molar-refractivity contribution in [3.8, 4) is 29.1 Å². The second-order valence-corrected chi connectivity index (χ2v) is 9.60. The number of hydrogen-bond acceptors (Lipinski definition) is 5. The van der Waals surface area contributed by atoms with Gasteiger partial charge in [-0.15, -0.1) is 0 Å². The van der Waals surface area contributed by atoms with Crippen LogP contribution in [0, 0.1) is 17.8 Å². The molecule has 0 radical (unpaired) electrons. The van der Waals surface area contributed by atoms with Gasteiger partial charge in [0.25, 0.3) is 0 Å². The number of ether oxygens (including phenoxy) is 3. The van der Waals surface area contributed by atoms with E-state index in [4.69, 9.17) is 14.2 Å². The van der Waals surface area contributed by atoms with E-state index in [1.807, 2.05) is 36.4 Å². The van der Waals surface area contributed by atoms with Gasteiger partial charge in [0.05, 0.1) is 39.2 Å². The first-order valence-electron chi connectivity index (χ1n) is 12.8. The van der Waals surface area contributed by atoms with Crippen LogP contribution in [0.1, 0.15) is 29.5 Å². The molecule has 38 heavy (non-hydrogen) atoms. The quantitative estimate of drug-likeness (QED) is 0.405. The fourth-order valence-corrected chi connectivity index (χ4v) is 5.06. The number of hydrogen-bond donors (Lipinski definition) is 1. The Hall–Kier alpha value is -3.95. The first-order valence-corrected chi connectivity index (χ1v) is 12.8. The number of aliphatic carboxylic acids is 1. The minimum absolute atomic E-state index is 0.335. The number of nitrogens with zero attached hydrogens (tertiary/aromatic N) is 1. The molecule has 198 valence electrons. The standard InChI is InChI=1S/C32H35NO5/c1-36-28-13-7-24(8-14-28)22-32(26-9-15-29(37-2)16-10-26,27-11-17-30(38-3)18-12-27)19-5-21-33-20-4-6-25(23-33)31(34)35/h7-18,25H,4,6,20-23H2,1-3H3,(H,34,35). The molecule has 4 rings (SSSR count). The third kappa shape index (κ3) is 6.30. The zero-order valence-electron chi connectivity index (χ0n) is 22.3. The number of methoxy groups -OCH3 is 3. The van der Waals surface area contributed by atoms with Crippen LogP contribution in [0.4, 0.5) is 0 Å². The van der Waals surface area contributed by atoms with E-state index in [2.05, 4.69) is 53.1 Å². The summed E-state index contributed by atoms with van der Waals surface area (Å²) in [6.45, 7) is 1.90. The molecule has 6 heteroatoms. The van der Waals surface area contributed by atoms with Crippen LogP contribution in [-0.2, 0) is 16.6 Å². The minimum Gasteiger partial charge on any atom is -0.497 e. The Kier molecular flexibility index (Phi) is 8.93. The number of likely N-dealkylation sites (tertiary alicyclic amines) is 1. The molecule has 0 aromatic heterocycles. The summed E-state index contributed by atoms with van der Waals surface area (Å²) in [5.41, 5.74) is 2.56. The molecule has 6 nitrogen and oxygen atoms in total. The van der Waals surface area contributed by atoms with E-state index in [0.717, 1.165) is 53.3 Å². The molecule has 1 unspecified atom stereocenters. The highest BCUT2D eigenvalue weighted by Crippen LogP contribution is 2.37. The van der Waals surface area contributed by atoms with E-state index in [-0.39, 0.29) is 5.92 Å². The van der Waals surface area contributed by atoms with Crippen LogP contribution < -0.4 is 14.2 Å². The number of benzene rings is 3. The molecule has 1 saturated heterocycles. The highest BCUT2D eigenvalue weighted by atomic mass is 16.5. The van der Waals surface area contributed by atoms with Crippen molar-refractivity contribution in [2.45, 2.75) is 24.7 Å². The summed E-state index contributed by atoms with van der Waals surface area (Å²) in [5, 5.41) is 9.50. The van der Waals surface area contributed by atoms with Gasteiger partial charge in [-0.2, -0.15) is 0 Å². The van der Waals surface area contributed by atoms with Gasteiger partial charge < -0.3 is 19.3 Å². The number of piperidine rings is 1. The molecule has 1 fully saturated rings. The molecule has 1 aliphatic heterocycles. The van der Waals surface area contributed by atoms with Crippen LogP contribution in [0.3, 0.4) is 0 Å². The predicted molar refractivity (Wildman–Crippen MR) is 148 cm³/mol. The van der Waals surface area contributed by atoms with Crippen molar-refractivity contribution in [1.29, 1.82) is 0 Å². The van der Waals surface area contributed by atoms with Crippen molar-refractivity contribution < 1.29 is 24.1 Å². The second kappa shape index (κ2) is 12.5. The van der Waals surface area contributed by atoms with E-state index < -0.39 is 11.4 Å². The average Bonchev–Trinajstić information content (AvgIpc) is 2.97. The lowest BCUT2D eigenvalue weighted by Crippen LogP contribution is -2.39. The summed E-state index contributed by atoms with van der Waals surface area (Å²) < 4.78 is 16.2. The largest absolute Gasteiger partial charge is 0.497 e. The van der Waals surface area contributed by atoms with Crippen LogP contribution in [0.5, 0.6) is 17.2 Å². The topological polar surface area (TPSA) is 68.2 Å². The lowest BCUT2D eigenvalue weighted by Gasteiger charge is -2.32. The average molecular weight is 514 g/mol. The molecule has 0 saturated carbocycles. The van der Waals surface area contributed by atoms with Crippen molar-refractivity contribution in [2.24, 2.45) is 5.92 Å². The molecule has 0 bridgehead atoms. The number of rotatable bonds is 9. The summed E-state index contributed by atoms with van der Waals surface area (Å²) in [4.78, 5) is 13.7. The van der Waals surface area contributed by atoms with Crippen LogP contribution in [0.25, 0.3) is 0 Å². The molecule has 3 aromatic rings. The molecule has 1 atom stereocenters. The maximum Gasteiger partial charge on any atom is 0.307 e. The van der Waals surface area contributed by atoms with E-state index in [0.29, 0.717) is 19.5 Å². The lowest BCUT2D eigenvalue weighted by atomic mass is 9.71.